The molecule has 0 aliphatic carbocycles. The molecule has 11 rings (SSSR count). The second-order valence-electron chi connectivity index (χ2n) is 14.4. The van der Waals surface area contributed by atoms with Crippen LogP contribution in [0.3, 0.4) is 0 Å². The van der Waals surface area contributed by atoms with E-state index in [1.807, 2.05) is 12.1 Å². The van der Waals surface area contributed by atoms with Gasteiger partial charge in [0.2, 0.25) is 0 Å². The zero-order valence-corrected chi connectivity index (χ0v) is 30.6. The largest absolute Gasteiger partial charge is 0.456 e. The minimum absolute atomic E-state index is 0.863. The van der Waals surface area contributed by atoms with Crippen LogP contribution in [-0.2, 0) is 0 Å². The maximum Gasteiger partial charge on any atom is 0.137 e. The van der Waals surface area contributed by atoms with Gasteiger partial charge in [-0.3, -0.25) is 0 Å². The van der Waals surface area contributed by atoms with E-state index in [9.17, 15) is 0 Å². The van der Waals surface area contributed by atoms with E-state index in [-0.39, 0.29) is 0 Å². The van der Waals surface area contributed by atoms with Crippen LogP contribution in [0.4, 0.5) is 17.1 Å². The van der Waals surface area contributed by atoms with Crippen LogP contribution >= 0.6 is 0 Å². The number of anilines is 3. The number of rotatable bonds is 6. The summed E-state index contributed by atoms with van der Waals surface area (Å²) in [4.78, 5) is 2.41. The molecule has 1 heterocycles. The first kappa shape index (κ1) is 32.0. The average molecular weight is 714 g/mol. The molecule has 0 N–H and O–H groups in total. The smallest absolute Gasteiger partial charge is 0.137 e. The fourth-order valence-corrected chi connectivity index (χ4v) is 8.76. The van der Waals surface area contributed by atoms with Crippen LogP contribution in [0, 0.1) is 0 Å². The molecule has 0 aliphatic heterocycles. The molecule has 0 saturated heterocycles. The van der Waals surface area contributed by atoms with Gasteiger partial charge in [-0.1, -0.05) is 170 Å². The Balaban J connectivity index is 1.23. The summed E-state index contributed by atoms with van der Waals surface area (Å²) >= 11 is 0. The first-order valence-electron chi connectivity index (χ1n) is 19.2. The molecule has 1 aromatic heterocycles. The molecular formula is C54H35NO. The zero-order chi connectivity index (χ0) is 37.0. The highest BCUT2D eigenvalue weighted by molar-refractivity contribution is 6.22. The van der Waals surface area contributed by atoms with E-state index in [0.717, 1.165) is 39.0 Å². The Morgan fingerprint density at radius 1 is 0.286 bits per heavy atom. The Hall–Kier alpha value is -7.42. The summed E-state index contributed by atoms with van der Waals surface area (Å²) in [5, 5.41) is 9.51. The lowest BCUT2D eigenvalue weighted by atomic mass is 9.85. The van der Waals surface area contributed by atoms with Gasteiger partial charge < -0.3 is 9.32 Å². The molecule has 11 aromatic rings. The molecule has 2 nitrogen and oxygen atoms in total. The van der Waals surface area contributed by atoms with Gasteiger partial charge >= 0.3 is 0 Å². The van der Waals surface area contributed by atoms with Gasteiger partial charge in [0.1, 0.15) is 11.2 Å². The maximum atomic E-state index is 6.51. The minimum atomic E-state index is 0.863. The third-order valence-corrected chi connectivity index (χ3v) is 11.2. The van der Waals surface area contributed by atoms with Gasteiger partial charge in [-0.2, -0.15) is 0 Å². The standard InChI is InChI=1S/C54H35NO/c1-4-16-36(17-5-1)41-32-33-50(45-24-12-10-22-42(41)45)55(40-29-31-47-46-25-14-15-27-51(46)56-52(47)35-40)39-28-30-44-43-23-11-13-26-48(43)53(37-18-6-2-7-19-37)54(49(44)34-39)38-20-8-3-9-21-38/h1-35H. The number of fused-ring (bicyclic) bond motifs is 7. The number of nitrogens with zero attached hydrogens (tertiary/aromatic N) is 1. The van der Waals surface area contributed by atoms with Crippen molar-refractivity contribution in [2.24, 2.45) is 0 Å². The van der Waals surface area contributed by atoms with E-state index < -0.39 is 0 Å². The van der Waals surface area contributed by atoms with Gasteiger partial charge in [-0.05, 0) is 96.7 Å². The summed E-state index contributed by atoms with van der Waals surface area (Å²) in [7, 11) is 0. The minimum Gasteiger partial charge on any atom is -0.456 e. The Bertz CT molecular complexity index is 3240. The lowest BCUT2D eigenvalue weighted by molar-refractivity contribution is 0.669. The molecule has 2 heteroatoms. The van der Waals surface area contributed by atoms with Crippen molar-refractivity contribution < 1.29 is 4.42 Å². The molecule has 10 aromatic carbocycles. The van der Waals surface area contributed by atoms with Crippen molar-refractivity contribution in [1.29, 1.82) is 0 Å². The molecule has 0 aliphatic rings. The van der Waals surface area contributed by atoms with E-state index in [2.05, 4.69) is 205 Å². The SMILES string of the molecule is c1ccc(-c2ccc(N(c3ccc4c(c3)oc3ccccc34)c3ccc4c(c3)c(-c3ccccc3)c(-c3ccccc3)c3ccccc34)c3ccccc23)cc1. The molecular weight excluding hydrogens is 679 g/mol. The summed E-state index contributed by atoms with van der Waals surface area (Å²) in [5.41, 5.74) is 12.2. The van der Waals surface area contributed by atoms with Crippen molar-refractivity contribution in [1.82, 2.24) is 0 Å². The van der Waals surface area contributed by atoms with E-state index in [1.165, 1.54) is 65.7 Å². The van der Waals surface area contributed by atoms with Gasteiger partial charge in [-0.25, -0.2) is 0 Å². The first-order valence-corrected chi connectivity index (χ1v) is 19.2. The van der Waals surface area contributed by atoms with Gasteiger partial charge in [0.25, 0.3) is 0 Å². The fourth-order valence-electron chi connectivity index (χ4n) is 8.76. The van der Waals surface area contributed by atoms with Crippen molar-refractivity contribution in [3.63, 3.8) is 0 Å². The second-order valence-corrected chi connectivity index (χ2v) is 14.4. The Morgan fingerprint density at radius 3 is 1.46 bits per heavy atom. The van der Waals surface area contributed by atoms with E-state index in [1.54, 1.807) is 0 Å². The lowest BCUT2D eigenvalue weighted by Crippen LogP contribution is -2.11. The highest BCUT2D eigenvalue weighted by Crippen LogP contribution is 2.48. The normalized spacial score (nSPS) is 11.6. The highest BCUT2D eigenvalue weighted by atomic mass is 16.3. The van der Waals surface area contributed by atoms with Crippen LogP contribution in [0.1, 0.15) is 0 Å². The monoisotopic (exact) mass is 713 g/mol. The van der Waals surface area contributed by atoms with Crippen LogP contribution in [0.15, 0.2) is 217 Å². The van der Waals surface area contributed by atoms with E-state index in [4.69, 9.17) is 4.42 Å². The quantitative estimate of drug-likeness (QED) is 0.160. The number of hydrogen-bond acceptors (Lipinski definition) is 2. The van der Waals surface area contributed by atoms with Crippen molar-refractivity contribution in [3.05, 3.63) is 212 Å². The van der Waals surface area contributed by atoms with Crippen molar-refractivity contribution >= 4 is 71.3 Å². The van der Waals surface area contributed by atoms with Gasteiger partial charge in [0.15, 0.2) is 0 Å². The number of hydrogen-bond donors (Lipinski definition) is 0. The second kappa shape index (κ2) is 13.2. The molecule has 0 fully saturated rings. The van der Waals surface area contributed by atoms with Crippen LogP contribution in [0.2, 0.25) is 0 Å². The molecule has 0 spiro atoms. The predicted molar refractivity (Wildman–Crippen MR) is 237 cm³/mol. The summed E-state index contributed by atoms with van der Waals surface area (Å²) < 4.78 is 6.51. The zero-order valence-electron chi connectivity index (χ0n) is 30.6. The van der Waals surface area contributed by atoms with E-state index >= 15 is 0 Å². The molecule has 262 valence electrons. The molecule has 0 bridgehead atoms. The van der Waals surface area contributed by atoms with Crippen LogP contribution in [-0.4, -0.2) is 0 Å². The van der Waals surface area contributed by atoms with Crippen molar-refractivity contribution in [2.45, 2.75) is 0 Å². The number of furan rings is 1. The Kier molecular flexibility index (Phi) is 7.53. The summed E-state index contributed by atoms with van der Waals surface area (Å²) in [5.74, 6) is 0. The van der Waals surface area contributed by atoms with Gasteiger partial charge in [-0.15, -0.1) is 0 Å². The van der Waals surface area contributed by atoms with Crippen molar-refractivity contribution in [3.8, 4) is 33.4 Å². The third kappa shape index (κ3) is 5.19. The first-order chi connectivity index (χ1) is 27.8. The maximum absolute atomic E-state index is 6.51. The topological polar surface area (TPSA) is 16.4 Å². The summed E-state index contributed by atoms with van der Waals surface area (Å²) in [6, 6.07) is 76.5. The summed E-state index contributed by atoms with van der Waals surface area (Å²) in [6.07, 6.45) is 0. The highest BCUT2D eigenvalue weighted by Gasteiger charge is 2.22. The Morgan fingerprint density at radius 2 is 0.768 bits per heavy atom. The molecule has 0 amide bonds. The van der Waals surface area contributed by atoms with Crippen LogP contribution in [0.25, 0.3) is 87.6 Å². The molecule has 0 atom stereocenters. The molecule has 0 saturated carbocycles. The number of benzene rings is 10. The molecule has 0 unspecified atom stereocenters. The predicted octanol–water partition coefficient (Wildman–Crippen LogP) is 15.5. The average Bonchev–Trinajstić information content (AvgIpc) is 3.65. The fraction of sp³-hybridized carbons (Fsp3) is 0. The van der Waals surface area contributed by atoms with Gasteiger partial charge in [0, 0.05) is 33.6 Å². The molecule has 0 radical (unpaired) electrons. The molecule has 56 heavy (non-hydrogen) atoms. The van der Waals surface area contributed by atoms with Crippen molar-refractivity contribution in [2.75, 3.05) is 4.90 Å². The van der Waals surface area contributed by atoms with Gasteiger partial charge in [0.05, 0.1) is 5.69 Å². The van der Waals surface area contributed by atoms with Crippen LogP contribution in [0.5, 0.6) is 0 Å². The number of para-hydroxylation sites is 1. The lowest BCUT2D eigenvalue weighted by Gasteiger charge is -2.28. The Labute approximate surface area is 325 Å². The van der Waals surface area contributed by atoms with Crippen LogP contribution < -0.4 is 4.90 Å². The summed E-state index contributed by atoms with van der Waals surface area (Å²) in [6.45, 7) is 0. The van der Waals surface area contributed by atoms with E-state index in [0.29, 0.717) is 0 Å². The third-order valence-electron chi connectivity index (χ3n) is 11.2.